The Kier molecular flexibility index (Phi) is 4.76. The SMILES string of the molecule is O=C(Nc1nnc2n1CCCC2)C1CCCN1C(=O)c1ccc(Br)cc1. The zero-order valence-electron chi connectivity index (χ0n) is 14.3. The van der Waals surface area contributed by atoms with E-state index in [1.807, 2.05) is 16.7 Å². The molecule has 0 radical (unpaired) electrons. The van der Waals surface area contributed by atoms with Gasteiger partial charge in [-0.3, -0.25) is 19.5 Å². The first-order valence-electron chi connectivity index (χ1n) is 8.93. The van der Waals surface area contributed by atoms with E-state index in [1.54, 1.807) is 17.0 Å². The van der Waals surface area contributed by atoms with Crippen LogP contribution in [0.1, 0.15) is 41.9 Å². The number of hydrogen-bond acceptors (Lipinski definition) is 4. The largest absolute Gasteiger partial charge is 0.327 e. The number of nitrogens with one attached hydrogen (secondary N) is 1. The van der Waals surface area contributed by atoms with Crippen molar-refractivity contribution in [2.75, 3.05) is 11.9 Å². The Morgan fingerprint density at radius 3 is 2.69 bits per heavy atom. The Labute approximate surface area is 159 Å². The van der Waals surface area contributed by atoms with E-state index in [1.165, 1.54) is 0 Å². The van der Waals surface area contributed by atoms with Crippen molar-refractivity contribution >= 4 is 33.7 Å². The van der Waals surface area contributed by atoms with E-state index >= 15 is 0 Å². The predicted octanol–water partition coefficient (Wildman–Crippen LogP) is 2.62. The molecule has 1 N–H and O–H groups in total. The molecule has 2 aliphatic rings. The molecule has 0 bridgehead atoms. The topological polar surface area (TPSA) is 80.1 Å². The molecule has 1 aromatic carbocycles. The number of amides is 2. The smallest absolute Gasteiger partial charge is 0.254 e. The molecule has 1 atom stereocenters. The lowest BCUT2D eigenvalue weighted by Crippen LogP contribution is -2.43. The number of benzene rings is 1. The van der Waals surface area contributed by atoms with Gasteiger partial charge >= 0.3 is 0 Å². The van der Waals surface area contributed by atoms with Crippen LogP contribution in [0, 0.1) is 0 Å². The quantitative estimate of drug-likeness (QED) is 0.831. The summed E-state index contributed by atoms with van der Waals surface area (Å²) in [6.07, 6.45) is 4.53. The molecule has 7 nitrogen and oxygen atoms in total. The molecule has 1 aromatic heterocycles. The second kappa shape index (κ2) is 7.19. The van der Waals surface area contributed by atoms with Crippen LogP contribution in [-0.2, 0) is 17.8 Å². The van der Waals surface area contributed by atoms with Crippen LogP contribution in [0.2, 0.25) is 0 Å². The Hall–Kier alpha value is -2.22. The van der Waals surface area contributed by atoms with Crippen molar-refractivity contribution in [3.8, 4) is 0 Å². The second-order valence-electron chi connectivity index (χ2n) is 6.70. The molecule has 2 amide bonds. The molecule has 3 heterocycles. The Morgan fingerprint density at radius 1 is 1.08 bits per heavy atom. The van der Waals surface area contributed by atoms with Gasteiger partial charge in [-0.1, -0.05) is 15.9 Å². The number of carbonyl (C=O) groups excluding carboxylic acids is 2. The minimum atomic E-state index is -0.470. The first-order valence-corrected chi connectivity index (χ1v) is 9.72. The molecule has 0 saturated carbocycles. The van der Waals surface area contributed by atoms with Crippen LogP contribution in [0.15, 0.2) is 28.7 Å². The lowest BCUT2D eigenvalue weighted by Gasteiger charge is -2.24. The van der Waals surface area contributed by atoms with Crippen molar-refractivity contribution in [2.24, 2.45) is 0 Å². The third kappa shape index (κ3) is 3.25. The van der Waals surface area contributed by atoms with E-state index in [2.05, 4.69) is 31.4 Å². The van der Waals surface area contributed by atoms with Crippen molar-refractivity contribution in [1.29, 1.82) is 0 Å². The number of rotatable bonds is 3. The predicted molar refractivity (Wildman–Crippen MR) is 99.8 cm³/mol. The number of fused-ring (bicyclic) bond motifs is 1. The summed E-state index contributed by atoms with van der Waals surface area (Å²) in [5.41, 5.74) is 0.591. The summed E-state index contributed by atoms with van der Waals surface area (Å²) in [4.78, 5) is 27.3. The molecule has 8 heteroatoms. The van der Waals surface area contributed by atoms with Gasteiger partial charge in [-0.15, -0.1) is 10.2 Å². The van der Waals surface area contributed by atoms with Crippen molar-refractivity contribution in [3.63, 3.8) is 0 Å². The lowest BCUT2D eigenvalue weighted by molar-refractivity contribution is -0.119. The van der Waals surface area contributed by atoms with Gasteiger partial charge in [-0.25, -0.2) is 0 Å². The number of hydrogen-bond donors (Lipinski definition) is 1. The van der Waals surface area contributed by atoms with Crippen molar-refractivity contribution in [2.45, 2.75) is 44.7 Å². The standard InChI is InChI=1S/C18H20BrN5O2/c19-13-8-6-12(7-9-13)17(26)23-11-3-4-14(23)16(25)20-18-22-21-15-5-1-2-10-24(15)18/h6-9,14H,1-5,10-11H2,(H,20,22,25). The fraction of sp³-hybridized carbons (Fsp3) is 0.444. The van der Waals surface area contributed by atoms with E-state index in [0.29, 0.717) is 24.5 Å². The number of aromatic nitrogens is 3. The Morgan fingerprint density at radius 2 is 1.88 bits per heavy atom. The van der Waals surface area contributed by atoms with Crippen LogP contribution in [-0.4, -0.2) is 44.1 Å². The summed E-state index contributed by atoms with van der Waals surface area (Å²) in [5, 5.41) is 11.2. The van der Waals surface area contributed by atoms with Crippen LogP contribution in [0.5, 0.6) is 0 Å². The number of nitrogens with zero attached hydrogens (tertiary/aromatic N) is 4. The van der Waals surface area contributed by atoms with Crippen molar-refractivity contribution < 1.29 is 9.59 Å². The highest BCUT2D eigenvalue weighted by atomic mass is 79.9. The summed E-state index contributed by atoms with van der Waals surface area (Å²) in [5.74, 6) is 1.11. The summed E-state index contributed by atoms with van der Waals surface area (Å²) in [6.45, 7) is 1.41. The lowest BCUT2D eigenvalue weighted by atomic mass is 10.1. The van der Waals surface area contributed by atoms with Gasteiger partial charge in [-0.2, -0.15) is 0 Å². The molecular weight excluding hydrogens is 398 g/mol. The summed E-state index contributed by atoms with van der Waals surface area (Å²) < 4.78 is 2.89. The fourth-order valence-electron chi connectivity index (χ4n) is 3.63. The van der Waals surface area contributed by atoms with Gasteiger partial charge in [0, 0.05) is 29.5 Å². The monoisotopic (exact) mass is 417 g/mol. The maximum absolute atomic E-state index is 12.8. The fourth-order valence-corrected chi connectivity index (χ4v) is 3.90. The molecular formula is C18H20BrN5O2. The molecule has 1 fully saturated rings. The zero-order valence-corrected chi connectivity index (χ0v) is 15.9. The van der Waals surface area contributed by atoms with Crippen LogP contribution >= 0.6 is 15.9 Å². The Bertz CT molecular complexity index is 833. The minimum Gasteiger partial charge on any atom is -0.327 e. The third-order valence-electron chi connectivity index (χ3n) is 5.00. The Balaban J connectivity index is 1.49. The van der Waals surface area contributed by atoms with Gasteiger partial charge in [-0.05, 0) is 49.9 Å². The van der Waals surface area contributed by atoms with Crippen LogP contribution in [0.3, 0.4) is 0 Å². The van der Waals surface area contributed by atoms with E-state index in [-0.39, 0.29) is 11.8 Å². The highest BCUT2D eigenvalue weighted by molar-refractivity contribution is 9.10. The first-order chi connectivity index (χ1) is 12.6. The van der Waals surface area contributed by atoms with Gasteiger partial charge < -0.3 is 4.90 Å². The third-order valence-corrected chi connectivity index (χ3v) is 5.53. The van der Waals surface area contributed by atoms with E-state index in [9.17, 15) is 9.59 Å². The highest BCUT2D eigenvalue weighted by Gasteiger charge is 2.35. The number of carbonyl (C=O) groups is 2. The number of anilines is 1. The van der Waals surface area contributed by atoms with E-state index < -0.39 is 6.04 Å². The average Bonchev–Trinajstić information content (AvgIpc) is 3.29. The van der Waals surface area contributed by atoms with Crippen LogP contribution in [0.4, 0.5) is 5.95 Å². The van der Waals surface area contributed by atoms with Crippen molar-refractivity contribution in [3.05, 3.63) is 40.1 Å². The number of halogens is 1. The second-order valence-corrected chi connectivity index (χ2v) is 7.62. The van der Waals surface area contributed by atoms with Crippen LogP contribution in [0.25, 0.3) is 0 Å². The molecule has 2 aliphatic heterocycles. The summed E-state index contributed by atoms with van der Waals surface area (Å²) >= 11 is 3.37. The molecule has 136 valence electrons. The molecule has 0 aliphatic carbocycles. The van der Waals surface area contributed by atoms with Crippen LogP contribution < -0.4 is 5.32 Å². The van der Waals surface area contributed by atoms with Crippen molar-refractivity contribution in [1.82, 2.24) is 19.7 Å². The van der Waals surface area contributed by atoms with Gasteiger partial charge in [0.15, 0.2) is 0 Å². The molecule has 0 spiro atoms. The van der Waals surface area contributed by atoms with Gasteiger partial charge in [0.1, 0.15) is 11.9 Å². The number of likely N-dealkylation sites (tertiary alicyclic amines) is 1. The summed E-state index contributed by atoms with van der Waals surface area (Å²) in [6, 6.07) is 6.74. The zero-order chi connectivity index (χ0) is 18.1. The molecule has 1 saturated heterocycles. The molecule has 1 unspecified atom stereocenters. The molecule has 4 rings (SSSR count). The highest BCUT2D eigenvalue weighted by Crippen LogP contribution is 2.23. The number of aryl methyl sites for hydroxylation is 1. The minimum absolute atomic E-state index is 0.113. The van der Waals surface area contributed by atoms with Gasteiger partial charge in [0.2, 0.25) is 11.9 Å². The average molecular weight is 418 g/mol. The van der Waals surface area contributed by atoms with E-state index in [0.717, 1.165) is 42.5 Å². The normalized spacial score (nSPS) is 19.3. The summed E-state index contributed by atoms with van der Waals surface area (Å²) in [7, 11) is 0. The van der Waals surface area contributed by atoms with Gasteiger partial charge in [0.25, 0.3) is 5.91 Å². The maximum atomic E-state index is 12.8. The molecule has 2 aromatic rings. The maximum Gasteiger partial charge on any atom is 0.254 e. The first kappa shape index (κ1) is 17.2. The van der Waals surface area contributed by atoms with E-state index in [4.69, 9.17) is 0 Å². The molecule has 26 heavy (non-hydrogen) atoms. The van der Waals surface area contributed by atoms with Gasteiger partial charge in [0.05, 0.1) is 0 Å².